The molecule has 2 aromatic carbocycles. The van der Waals surface area contributed by atoms with E-state index >= 15 is 0 Å². The van der Waals surface area contributed by atoms with Gasteiger partial charge in [-0.15, -0.1) is 0 Å². The SMILES string of the molecule is O=C(Nc1ccc(Nc2cc(-n3cccn3)ncn2)cc1)c1ccc(F)cc1Cl. The van der Waals surface area contributed by atoms with Crippen LogP contribution in [0.1, 0.15) is 10.4 Å². The largest absolute Gasteiger partial charge is 0.340 e. The van der Waals surface area contributed by atoms with Crippen molar-refractivity contribution < 1.29 is 9.18 Å². The van der Waals surface area contributed by atoms with Crippen LogP contribution < -0.4 is 10.6 Å². The van der Waals surface area contributed by atoms with E-state index in [4.69, 9.17) is 11.6 Å². The fraction of sp³-hybridized carbons (Fsp3) is 0. The lowest BCUT2D eigenvalue weighted by Gasteiger charge is -2.09. The summed E-state index contributed by atoms with van der Waals surface area (Å²) in [6.45, 7) is 0. The van der Waals surface area contributed by atoms with Crippen LogP contribution in [-0.4, -0.2) is 25.7 Å². The van der Waals surface area contributed by atoms with Crippen molar-refractivity contribution in [2.24, 2.45) is 0 Å². The molecule has 0 aliphatic rings. The van der Waals surface area contributed by atoms with E-state index in [1.165, 1.54) is 18.5 Å². The second-order valence-electron chi connectivity index (χ2n) is 5.99. The molecule has 2 N–H and O–H groups in total. The van der Waals surface area contributed by atoms with Gasteiger partial charge < -0.3 is 10.6 Å². The fourth-order valence-corrected chi connectivity index (χ4v) is 2.85. The van der Waals surface area contributed by atoms with Crippen LogP contribution in [0.4, 0.5) is 21.6 Å². The molecule has 9 heteroatoms. The van der Waals surface area contributed by atoms with Gasteiger partial charge in [0, 0.05) is 29.8 Å². The summed E-state index contributed by atoms with van der Waals surface area (Å²) in [5.74, 6) is 0.311. The minimum atomic E-state index is -0.498. The lowest BCUT2D eigenvalue weighted by atomic mass is 10.2. The zero-order chi connectivity index (χ0) is 20.2. The summed E-state index contributed by atoms with van der Waals surface area (Å²) in [6, 6.07) is 14.2. The van der Waals surface area contributed by atoms with Crippen LogP contribution in [0.5, 0.6) is 0 Å². The maximum Gasteiger partial charge on any atom is 0.257 e. The Morgan fingerprint density at radius 3 is 2.55 bits per heavy atom. The first-order valence-electron chi connectivity index (χ1n) is 8.54. The van der Waals surface area contributed by atoms with Crippen molar-refractivity contribution in [2.45, 2.75) is 0 Å². The molecule has 1 amide bonds. The smallest absolute Gasteiger partial charge is 0.257 e. The Morgan fingerprint density at radius 2 is 1.83 bits per heavy atom. The normalized spacial score (nSPS) is 10.6. The number of amides is 1. The summed E-state index contributed by atoms with van der Waals surface area (Å²) in [6.07, 6.45) is 4.90. The van der Waals surface area contributed by atoms with Crippen LogP contribution in [0, 0.1) is 5.82 Å². The van der Waals surface area contributed by atoms with Crippen LogP contribution in [0.15, 0.2) is 73.3 Å². The minimum absolute atomic E-state index is 0.0533. The van der Waals surface area contributed by atoms with E-state index in [9.17, 15) is 9.18 Å². The van der Waals surface area contributed by atoms with E-state index in [0.29, 0.717) is 17.3 Å². The van der Waals surface area contributed by atoms with Crippen molar-refractivity contribution in [3.8, 4) is 5.82 Å². The van der Waals surface area contributed by atoms with Crippen molar-refractivity contribution in [3.05, 3.63) is 89.7 Å². The molecule has 7 nitrogen and oxygen atoms in total. The Kier molecular flexibility index (Phi) is 5.17. The Labute approximate surface area is 170 Å². The quantitative estimate of drug-likeness (QED) is 0.509. The van der Waals surface area contributed by atoms with Crippen molar-refractivity contribution in [2.75, 3.05) is 10.6 Å². The molecule has 4 aromatic rings. The molecule has 0 bridgehead atoms. The van der Waals surface area contributed by atoms with E-state index < -0.39 is 11.7 Å². The van der Waals surface area contributed by atoms with Crippen molar-refractivity contribution in [3.63, 3.8) is 0 Å². The number of carbonyl (C=O) groups is 1. The van der Waals surface area contributed by atoms with Gasteiger partial charge in [0.05, 0.1) is 10.6 Å². The highest BCUT2D eigenvalue weighted by Gasteiger charge is 2.11. The van der Waals surface area contributed by atoms with Crippen molar-refractivity contribution in [1.29, 1.82) is 0 Å². The molecule has 2 heterocycles. The summed E-state index contributed by atoms with van der Waals surface area (Å²) in [7, 11) is 0. The predicted octanol–water partition coefficient (Wildman–Crippen LogP) is 4.45. The number of anilines is 3. The summed E-state index contributed by atoms with van der Waals surface area (Å²) < 4.78 is 14.8. The van der Waals surface area contributed by atoms with Gasteiger partial charge in [-0.25, -0.2) is 19.0 Å². The zero-order valence-corrected chi connectivity index (χ0v) is 15.6. The van der Waals surface area contributed by atoms with Gasteiger partial charge >= 0.3 is 0 Å². The van der Waals surface area contributed by atoms with Crippen LogP contribution in [0.2, 0.25) is 5.02 Å². The van der Waals surface area contributed by atoms with Gasteiger partial charge in [0.15, 0.2) is 5.82 Å². The maximum absolute atomic E-state index is 13.1. The number of carbonyl (C=O) groups excluding carboxylic acids is 1. The molecule has 0 saturated heterocycles. The molecule has 0 unspecified atom stereocenters. The molecular weight excluding hydrogens is 395 g/mol. The Balaban J connectivity index is 1.44. The Morgan fingerprint density at radius 1 is 1.03 bits per heavy atom. The summed E-state index contributed by atoms with van der Waals surface area (Å²) in [5, 5.41) is 10.1. The molecule has 0 spiro atoms. The standard InChI is InChI=1S/C20H14ClFN6O/c21-17-10-13(22)2-7-16(17)20(29)27-15-5-3-14(4-6-15)26-18-11-19(24-12-23-18)28-9-1-8-25-28/h1-12H,(H,27,29)(H,23,24,26). The third-order valence-electron chi connectivity index (χ3n) is 3.98. The summed E-state index contributed by atoms with van der Waals surface area (Å²) in [5.41, 5.74) is 1.54. The fourth-order valence-electron chi connectivity index (χ4n) is 2.60. The number of halogens is 2. The average molecular weight is 409 g/mol. The molecule has 0 aliphatic carbocycles. The number of aromatic nitrogens is 4. The number of benzene rings is 2. The molecule has 0 atom stereocenters. The first kappa shape index (κ1) is 18.6. The Hall–Kier alpha value is -3.78. The van der Waals surface area contributed by atoms with E-state index in [1.807, 2.05) is 0 Å². The van der Waals surface area contributed by atoms with Gasteiger partial charge in [0.1, 0.15) is 18.0 Å². The predicted molar refractivity (Wildman–Crippen MR) is 108 cm³/mol. The number of hydrogen-bond donors (Lipinski definition) is 2. The van der Waals surface area contributed by atoms with Gasteiger partial charge in [-0.3, -0.25) is 4.79 Å². The average Bonchev–Trinajstić information content (AvgIpc) is 3.24. The summed E-state index contributed by atoms with van der Waals surface area (Å²) >= 11 is 5.93. The highest BCUT2D eigenvalue weighted by molar-refractivity contribution is 6.34. The minimum Gasteiger partial charge on any atom is -0.340 e. The molecule has 144 valence electrons. The van der Waals surface area contributed by atoms with Crippen LogP contribution in [-0.2, 0) is 0 Å². The van der Waals surface area contributed by atoms with E-state index in [1.54, 1.807) is 53.5 Å². The van der Waals surface area contributed by atoms with Gasteiger partial charge in [0.25, 0.3) is 5.91 Å². The van der Waals surface area contributed by atoms with Crippen molar-refractivity contribution in [1.82, 2.24) is 19.7 Å². The molecule has 29 heavy (non-hydrogen) atoms. The van der Waals surface area contributed by atoms with Crippen LogP contribution >= 0.6 is 11.6 Å². The summed E-state index contributed by atoms with van der Waals surface area (Å²) in [4.78, 5) is 20.7. The number of hydrogen-bond acceptors (Lipinski definition) is 5. The van der Waals surface area contributed by atoms with Crippen LogP contribution in [0.25, 0.3) is 5.82 Å². The van der Waals surface area contributed by atoms with Crippen LogP contribution in [0.3, 0.4) is 0 Å². The number of nitrogens with one attached hydrogen (secondary N) is 2. The molecule has 0 fully saturated rings. The third-order valence-corrected chi connectivity index (χ3v) is 4.30. The zero-order valence-electron chi connectivity index (χ0n) is 14.9. The van der Waals surface area contributed by atoms with Gasteiger partial charge in [-0.2, -0.15) is 5.10 Å². The van der Waals surface area contributed by atoms with Gasteiger partial charge in [-0.1, -0.05) is 11.6 Å². The lowest BCUT2D eigenvalue weighted by Crippen LogP contribution is -2.12. The van der Waals surface area contributed by atoms with Gasteiger partial charge in [-0.05, 0) is 48.5 Å². The maximum atomic E-state index is 13.1. The molecule has 2 aromatic heterocycles. The lowest BCUT2D eigenvalue weighted by molar-refractivity contribution is 0.102. The Bertz CT molecular complexity index is 1150. The van der Waals surface area contributed by atoms with E-state index in [2.05, 4.69) is 25.7 Å². The first-order chi connectivity index (χ1) is 14.1. The molecular formula is C20H14ClFN6O. The van der Waals surface area contributed by atoms with Crippen molar-refractivity contribution >= 4 is 34.7 Å². The molecule has 0 aliphatic heterocycles. The monoisotopic (exact) mass is 408 g/mol. The number of nitrogens with zero attached hydrogens (tertiary/aromatic N) is 4. The third kappa shape index (κ3) is 4.39. The molecule has 0 saturated carbocycles. The van der Waals surface area contributed by atoms with Gasteiger partial charge in [0.2, 0.25) is 0 Å². The highest BCUT2D eigenvalue weighted by atomic mass is 35.5. The first-order valence-corrected chi connectivity index (χ1v) is 8.92. The second kappa shape index (κ2) is 8.07. The number of rotatable bonds is 5. The second-order valence-corrected chi connectivity index (χ2v) is 6.40. The van der Waals surface area contributed by atoms with E-state index in [0.717, 1.165) is 11.8 Å². The molecule has 0 radical (unpaired) electrons. The topological polar surface area (TPSA) is 84.7 Å². The highest BCUT2D eigenvalue weighted by Crippen LogP contribution is 2.21. The van der Waals surface area contributed by atoms with E-state index in [-0.39, 0.29) is 10.6 Å². The molecule has 4 rings (SSSR count).